The fourth-order valence-corrected chi connectivity index (χ4v) is 2.08. The molecule has 128 valence electrons. The van der Waals surface area contributed by atoms with Gasteiger partial charge in [-0.3, -0.25) is 9.59 Å². The molecule has 0 heterocycles. The Bertz CT molecular complexity index is 692. The van der Waals surface area contributed by atoms with Crippen molar-refractivity contribution in [3.8, 4) is 0 Å². The van der Waals surface area contributed by atoms with Gasteiger partial charge >= 0.3 is 11.9 Å². The Kier molecular flexibility index (Phi) is 6.66. The Labute approximate surface area is 137 Å². The molecule has 1 aliphatic carbocycles. The van der Waals surface area contributed by atoms with E-state index in [2.05, 4.69) is 4.94 Å². The Hall–Kier alpha value is -3.16. The molecule has 0 spiro atoms. The smallest absolute Gasteiger partial charge is 0.379 e. The van der Waals surface area contributed by atoms with Crippen LogP contribution in [0, 0.1) is 12.8 Å². The topological polar surface area (TPSA) is 133 Å². The minimum absolute atomic E-state index is 0.110. The van der Waals surface area contributed by atoms with Gasteiger partial charge in [0.05, 0.1) is 11.5 Å². The summed E-state index contributed by atoms with van der Waals surface area (Å²) in [4.78, 5) is 34.5. The molecule has 8 heteroatoms. The van der Waals surface area contributed by atoms with Crippen LogP contribution in [0.2, 0.25) is 0 Å². The number of anilines is 1. The average molecular weight is 336 g/mol. The largest absolute Gasteiger partial charge is 0.481 e. The molecule has 0 aliphatic heterocycles. The van der Waals surface area contributed by atoms with Crippen LogP contribution in [0.3, 0.4) is 0 Å². The molecular weight excluding hydrogens is 319 g/mol. The summed E-state index contributed by atoms with van der Waals surface area (Å²) in [6.07, 6.45) is 3.21. The van der Waals surface area contributed by atoms with E-state index in [9.17, 15) is 18.9 Å². The molecule has 1 unspecified atom stereocenters. The number of carboxylic acids is 1. The van der Waals surface area contributed by atoms with Crippen molar-refractivity contribution in [1.82, 2.24) is 0 Å². The quantitative estimate of drug-likeness (QED) is 0.565. The zero-order chi connectivity index (χ0) is 18.3. The van der Waals surface area contributed by atoms with Crippen molar-refractivity contribution in [3.63, 3.8) is 0 Å². The number of carbonyl (C=O) groups excluding carboxylic acids is 2. The van der Waals surface area contributed by atoms with Gasteiger partial charge in [-0.25, -0.2) is 9.74 Å². The number of rotatable bonds is 3. The molecule has 0 saturated carbocycles. The second kappa shape index (κ2) is 8.47. The Morgan fingerprint density at radius 1 is 1.33 bits per heavy atom. The summed E-state index contributed by atoms with van der Waals surface area (Å²) in [5.74, 6) is -3.27. The number of halogens is 1. The minimum atomic E-state index is -1.24. The maximum absolute atomic E-state index is 11.5. The summed E-state index contributed by atoms with van der Waals surface area (Å²) in [5, 5.41) is 8.66. The maximum Gasteiger partial charge on any atom is 0.379 e. The standard InChI is InChI=1S/C8H8FNO4.C8H9NO/c9-14-8(13)5-1-4(7(11)12)2-6(10)3-5;1-6-2-7(5-10)4-8(9)3-6/h1,3-4H,2,10H2,(H,11,12);2-5H,9H2,1H3. The third-order valence-corrected chi connectivity index (χ3v) is 3.06. The fourth-order valence-electron chi connectivity index (χ4n) is 2.08. The van der Waals surface area contributed by atoms with Crippen molar-refractivity contribution < 1.29 is 29.0 Å². The summed E-state index contributed by atoms with van der Waals surface area (Å²) in [7, 11) is 0. The van der Waals surface area contributed by atoms with Gasteiger partial charge in [-0.2, -0.15) is 0 Å². The molecule has 0 fully saturated rings. The van der Waals surface area contributed by atoms with E-state index in [-0.39, 0.29) is 17.7 Å². The molecule has 0 saturated heterocycles. The van der Waals surface area contributed by atoms with Crippen LogP contribution in [-0.4, -0.2) is 23.3 Å². The van der Waals surface area contributed by atoms with Crippen molar-refractivity contribution in [2.24, 2.45) is 11.7 Å². The highest BCUT2D eigenvalue weighted by atomic mass is 19.3. The minimum Gasteiger partial charge on any atom is -0.481 e. The van der Waals surface area contributed by atoms with Gasteiger partial charge in [-0.1, -0.05) is 6.08 Å². The fraction of sp³-hybridized carbons (Fsp3) is 0.188. The van der Waals surface area contributed by atoms with Gasteiger partial charge in [0.2, 0.25) is 0 Å². The first-order chi connectivity index (χ1) is 11.3. The van der Waals surface area contributed by atoms with E-state index in [0.29, 0.717) is 11.3 Å². The summed E-state index contributed by atoms with van der Waals surface area (Å²) >= 11 is 0. The summed E-state index contributed by atoms with van der Waals surface area (Å²) < 4.78 is 11.5. The van der Waals surface area contributed by atoms with E-state index < -0.39 is 17.9 Å². The third-order valence-electron chi connectivity index (χ3n) is 3.06. The van der Waals surface area contributed by atoms with E-state index in [1.165, 1.54) is 6.08 Å². The molecule has 24 heavy (non-hydrogen) atoms. The molecule has 1 aromatic carbocycles. The Balaban J connectivity index is 0.000000254. The van der Waals surface area contributed by atoms with Crippen molar-refractivity contribution in [2.45, 2.75) is 13.3 Å². The number of hydrogen-bond donors (Lipinski definition) is 3. The number of nitrogens with two attached hydrogens (primary N) is 2. The van der Waals surface area contributed by atoms with E-state index in [1.807, 2.05) is 13.0 Å². The van der Waals surface area contributed by atoms with Crippen LogP contribution in [0.25, 0.3) is 0 Å². The molecule has 5 N–H and O–H groups in total. The summed E-state index contributed by atoms with van der Waals surface area (Å²) in [6, 6.07) is 5.27. The first-order valence-electron chi connectivity index (χ1n) is 6.82. The van der Waals surface area contributed by atoms with Crippen LogP contribution in [0.4, 0.5) is 10.2 Å². The van der Waals surface area contributed by atoms with E-state index >= 15 is 0 Å². The number of hydrogen-bond acceptors (Lipinski definition) is 6. The van der Waals surface area contributed by atoms with Gasteiger partial charge in [0.1, 0.15) is 6.29 Å². The highest BCUT2D eigenvalue weighted by Crippen LogP contribution is 2.21. The van der Waals surface area contributed by atoms with Crippen molar-refractivity contribution >= 4 is 23.9 Å². The maximum atomic E-state index is 11.5. The highest BCUT2D eigenvalue weighted by Gasteiger charge is 2.23. The lowest BCUT2D eigenvalue weighted by Gasteiger charge is -2.14. The molecule has 1 aliphatic rings. The number of allylic oxidation sites excluding steroid dienone is 1. The zero-order valence-electron chi connectivity index (χ0n) is 12.9. The SMILES string of the molecule is Cc1cc(N)cc(C=O)c1.NC1=CC(C(=O)OF)=CC(C(=O)O)C1. The number of aliphatic carboxylic acids is 1. The van der Waals surface area contributed by atoms with Crippen LogP contribution >= 0.6 is 0 Å². The van der Waals surface area contributed by atoms with Crippen LogP contribution in [-0.2, 0) is 14.5 Å². The summed E-state index contributed by atoms with van der Waals surface area (Å²) in [6.45, 7) is 1.91. The Morgan fingerprint density at radius 2 is 2.00 bits per heavy atom. The van der Waals surface area contributed by atoms with Crippen molar-refractivity contribution in [1.29, 1.82) is 0 Å². The van der Waals surface area contributed by atoms with Crippen LogP contribution < -0.4 is 11.5 Å². The number of aldehydes is 1. The van der Waals surface area contributed by atoms with Gasteiger partial charge in [0.15, 0.2) is 0 Å². The monoisotopic (exact) mass is 336 g/mol. The molecule has 2 rings (SSSR count). The molecule has 0 radical (unpaired) electrons. The molecule has 1 aromatic rings. The number of aryl methyl sites for hydroxylation is 1. The van der Waals surface area contributed by atoms with Crippen LogP contribution in [0.5, 0.6) is 0 Å². The van der Waals surface area contributed by atoms with Crippen molar-refractivity contribution in [2.75, 3.05) is 5.73 Å². The predicted molar refractivity (Wildman–Crippen MR) is 84.3 cm³/mol. The number of carboxylic acid groups (broad SMARTS) is 1. The summed E-state index contributed by atoms with van der Waals surface area (Å²) in [5.41, 5.74) is 13.2. The lowest BCUT2D eigenvalue weighted by Crippen LogP contribution is -2.20. The molecule has 7 nitrogen and oxygen atoms in total. The van der Waals surface area contributed by atoms with E-state index in [0.717, 1.165) is 17.9 Å². The average Bonchev–Trinajstić information content (AvgIpc) is 2.53. The normalized spacial score (nSPS) is 16.0. The molecule has 0 bridgehead atoms. The zero-order valence-corrected chi connectivity index (χ0v) is 12.9. The number of benzene rings is 1. The predicted octanol–water partition coefficient (Wildman–Crippen LogP) is 1.68. The third kappa shape index (κ3) is 5.56. The van der Waals surface area contributed by atoms with Crippen LogP contribution in [0.1, 0.15) is 22.3 Å². The van der Waals surface area contributed by atoms with Gasteiger partial charge < -0.3 is 16.6 Å². The Morgan fingerprint density at radius 3 is 2.50 bits per heavy atom. The molecular formula is C16H17FN2O5. The molecule has 1 atom stereocenters. The first-order valence-corrected chi connectivity index (χ1v) is 6.82. The van der Waals surface area contributed by atoms with E-state index in [4.69, 9.17) is 16.6 Å². The first kappa shape index (κ1) is 18.9. The van der Waals surface area contributed by atoms with Gasteiger partial charge in [0, 0.05) is 27.9 Å². The van der Waals surface area contributed by atoms with Gasteiger partial charge in [0.25, 0.3) is 0 Å². The highest BCUT2D eigenvalue weighted by molar-refractivity contribution is 5.93. The van der Waals surface area contributed by atoms with E-state index in [1.54, 1.807) is 12.1 Å². The molecule has 0 amide bonds. The molecule has 0 aromatic heterocycles. The van der Waals surface area contributed by atoms with Crippen molar-refractivity contribution in [3.05, 3.63) is 52.7 Å². The van der Waals surface area contributed by atoms with Crippen LogP contribution in [0.15, 0.2) is 41.6 Å². The number of carbonyl (C=O) groups is 3. The van der Waals surface area contributed by atoms with Gasteiger partial charge in [-0.05, 0) is 36.8 Å². The number of nitrogen functional groups attached to an aromatic ring is 1. The second-order valence-electron chi connectivity index (χ2n) is 5.15. The second-order valence-corrected chi connectivity index (χ2v) is 5.15. The lowest BCUT2D eigenvalue weighted by atomic mass is 9.94. The lowest BCUT2D eigenvalue weighted by molar-refractivity contribution is -0.177. The van der Waals surface area contributed by atoms with Gasteiger partial charge in [-0.15, -0.1) is 0 Å².